The molecule has 0 radical (unpaired) electrons. The van der Waals surface area contributed by atoms with Crippen LogP contribution < -0.4 is 15.8 Å². The zero-order valence-electron chi connectivity index (χ0n) is 25.1. The fourth-order valence-corrected chi connectivity index (χ4v) is 6.93. The van der Waals surface area contributed by atoms with Crippen molar-refractivity contribution in [1.29, 1.82) is 5.41 Å². The predicted molar refractivity (Wildman–Crippen MR) is 172 cm³/mol. The number of piperidine rings is 1. The second-order valence-electron chi connectivity index (χ2n) is 11.2. The van der Waals surface area contributed by atoms with Gasteiger partial charge in [-0.1, -0.05) is 55.6 Å². The number of guanidine groups is 1. The van der Waals surface area contributed by atoms with Crippen LogP contribution in [0.4, 0.5) is 0 Å². The zero-order valence-corrected chi connectivity index (χ0v) is 26.7. The summed E-state index contributed by atoms with van der Waals surface area (Å²) < 4.78 is 3.23. The van der Waals surface area contributed by atoms with Gasteiger partial charge in [-0.05, 0) is 37.2 Å². The maximum absolute atomic E-state index is 13.5. The molecule has 3 atom stereocenters. The second kappa shape index (κ2) is 16.5. The topological polar surface area (TPSA) is 165 Å². The Morgan fingerprint density at radius 2 is 2.05 bits per heavy atom. The van der Waals surface area contributed by atoms with Crippen LogP contribution in [0.3, 0.4) is 0 Å². The smallest absolute Gasteiger partial charge is 0.247 e. The number of Topliss-reactive ketones (excluding diaryl/α,β-unsaturated/α-hetero) is 1. The van der Waals surface area contributed by atoms with Crippen LogP contribution >= 0.6 is 23.3 Å². The first-order valence-corrected chi connectivity index (χ1v) is 16.9. The van der Waals surface area contributed by atoms with Gasteiger partial charge in [-0.3, -0.25) is 29.3 Å². The summed E-state index contributed by atoms with van der Waals surface area (Å²) >= 11 is 2.65. The number of nitrogens with one attached hydrogen (secondary N) is 3. The minimum absolute atomic E-state index is 0.00984. The summed E-state index contributed by atoms with van der Waals surface area (Å²) in [5.41, 5.74) is 6.84. The van der Waals surface area contributed by atoms with E-state index in [1.54, 1.807) is 21.4 Å². The molecule has 5 N–H and O–H groups in total. The van der Waals surface area contributed by atoms with E-state index in [2.05, 4.69) is 15.0 Å². The van der Waals surface area contributed by atoms with Crippen molar-refractivity contribution in [2.24, 2.45) is 11.7 Å². The predicted octanol–water partition coefficient (Wildman–Crippen LogP) is 2.08. The van der Waals surface area contributed by atoms with Crippen molar-refractivity contribution in [3.63, 3.8) is 0 Å². The number of nitrogens with two attached hydrogens (primary N) is 1. The Kier molecular flexibility index (Phi) is 12.6. The number of ketones is 1. The SMILES string of the molecule is CCCCN1CC(=O)N(CC(=O)NC(CC2CCCN(C(=N)N)C2)C(=O)c2nccs2)[C@@H](CNSCc2ccccc2)C1=O. The molecule has 0 aliphatic carbocycles. The Hall–Kier alpha value is -3.49. The first-order chi connectivity index (χ1) is 21.3. The van der Waals surface area contributed by atoms with Crippen LogP contribution in [0.25, 0.3) is 0 Å². The van der Waals surface area contributed by atoms with Crippen LogP contribution in [0.2, 0.25) is 0 Å². The lowest BCUT2D eigenvalue weighted by Crippen LogP contribution is -2.64. The molecule has 0 bridgehead atoms. The number of unbranched alkanes of at least 4 members (excludes halogenated alkanes) is 1. The Morgan fingerprint density at radius 1 is 1.25 bits per heavy atom. The minimum atomic E-state index is -0.861. The number of piperazine rings is 1. The van der Waals surface area contributed by atoms with E-state index < -0.39 is 18.0 Å². The van der Waals surface area contributed by atoms with Crippen molar-refractivity contribution in [3.8, 4) is 0 Å². The molecule has 2 aromatic rings. The molecule has 4 rings (SSSR count). The minimum Gasteiger partial charge on any atom is -0.370 e. The first-order valence-electron chi connectivity index (χ1n) is 15.1. The summed E-state index contributed by atoms with van der Waals surface area (Å²) in [6, 6.07) is 8.20. The number of carbonyl (C=O) groups is 4. The van der Waals surface area contributed by atoms with Crippen molar-refractivity contribution in [3.05, 3.63) is 52.5 Å². The average molecular weight is 643 g/mol. The van der Waals surface area contributed by atoms with Crippen LogP contribution in [0.15, 0.2) is 41.9 Å². The Bertz CT molecular complexity index is 1280. The molecular formula is C30H42N8O4S2. The first kappa shape index (κ1) is 33.4. The largest absolute Gasteiger partial charge is 0.370 e. The number of hydrogen-bond acceptors (Lipinski definition) is 9. The van der Waals surface area contributed by atoms with Gasteiger partial charge < -0.3 is 25.8 Å². The summed E-state index contributed by atoms with van der Waals surface area (Å²) in [6.45, 7) is 3.48. The third-order valence-electron chi connectivity index (χ3n) is 7.90. The number of likely N-dealkylation sites (tertiary alicyclic amines) is 1. The number of hydrogen-bond donors (Lipinski definition) is 4. The van der Waals surface area contributed by atoms with E-state index in [1.165, 1.54) is 28.2 Å². The zero-order chi connectivity index (χ0) is 31.5. The molecule has 2 saturated heterocycles. The third kappa shape index (κ3) is 9.26. The molecule has 2 unspecified atom stereocenters. The van der Waals surface area contributed by atoms with Crippen LogP contribution in [0.1, 0.15) is 54.4 Å². The van der Waals surface area contributed by atoms with Crippen LogP contribution in [0.5, 0.6) is 0 Å². The van der Waals surface area contributed by atoms with Crippen LogP contribution in [-0.2, 0) is 20.1 Å². The van der Waals surface area contributed by atoms with Gasteiger partial charge in [0.05, 0.1) is 12.6 Å². The highest BCUT2D eigenvalue weighted by Gasteiger charge is 2.40. The monoisotopic (exact) mass is 642 g/mol. The van der Waals surface area contributed by atoms with Gasteiger partial charge in [-0.15, -0.1) is 11.3 Å². The van der Waals surface area contributed by atoms with Crippen molar-refractivity contribution in [1.82, 2.24) is 29.7 Å². The maximum atomic E-state index is 13.5. The number of aromatic nitrogens is 1. The van der Waals surface area contributed by atoms with Crippen molar-refractivity contribution < 1.29 is 19.2 Å². The van der Waals surface area contributed by atoms with Crippen LogP contribution in [0, 0.1) is 11.3 Å². The van der Waals surface area contributed by atoms with Gasteiger partial charge in [0.2, 0.25) is 23.5 Å². The molecule has 1 aromatic heterocycles. The molecule has 0 spiro atoms. The Balaban J connectivity index is 1.44. The molecule has 44 heavy (non-hydrogen) atoms. The molecule has 14 heteroatoms. The molecule has 2 aliphatic rings. The van der Waals surface area contributed by atoms with Gasteiger partial charge in [0, 0.05) is 43.5 Å². The molecule has 0 saturated carbocycles. The van der Waals surface area contributed by atoms with Gasteiger partial charge in [0.25, 0.3) is 0 Å². The van der Waals surface area contributed by atoms with E-state index in [1.807, 2.05) is 37.3 Å². The Labute approximate surface area is 266 Å². The van der Waals surface area contributed by atoms with Crippen molar-refractivity contribution in [2.45, 2.75) is 56.9 Å². The van der Waals surface area contributed by atoms with Gasteiger partial charge in [0.1, 0.15) is 12.6 Å². The van der Waals surface area contributed by atoms with Crippen LogP contribution in [-0.4, -0.2) is 101 Å². The number of benzene rings is 1. The quantitative estimate of drug-likeness (QED) is 0.0749. The fraction of sp³-hybridized carbons (Fsp3) is 0.533. The summed E-state index contributed by atoms with van der Waals surface area (Å²) in [5, 5.41) is 12.7. The van der Waals surface area contributed by atoms with E-state index >= 15 is 0 Å². The summed E-state index contributed by atoms with van der Waals surface area (Å²) in [5.74, 6) is -0.600. The van der Waals surface area contributed by atoms with E-state index in [0.29, 0.717) is 36.8 Å². The third-order valence-corrected chi connectivity index (χ3v) is 9.54. The van der Waals surface area contributed by atoms with Gasteiger partial charge >= 0.3 is 0 Å². The summed E-state index contributed by atoms with van der Waals surface area (Å²) in [4.78, 5) is 62.6. The van der Waals surface area contributed by atoms with E-state index in [0.717, 1.165) is 31.2 Å². The molecule has 2 aliphatic heterocycles. The average Bonchev–Trinajstić information content (AvgIpc) is 3.56. The number of rotatable bonds is 15. The lowest BCUT2D eigenvalue weighted by atomic mass is 9.90. The lowest BCUT2D eigenvalue weighted by Gasteiger charge is -2.40. The lowest BCUT2D eigenvalue weighted by molar-refractivity contribution is -0.157. The normalized spacial score (nSPS) is 19.6. The molecule has 3 amide bonds. The molecule has 2 fully saturated rings. The molecule has 3 heterocycles. The van der Waals surface area contributed by atoms with Crippen molar-refractivity contribution >= 4 is 52.7 Å². The highest BCUT2D eigenvalue weighted by molar-refractivity contribution is 7.96. The summed E-state index contributed by atoms with van der Waals surface area (Å²) in [7, 11) is 0. The fourth-order valence-electron chi connectivity index (χ4n) is 5.56. The van der Waals surface area contributed by atoms with E-state index in [9.17, 15) is 19.2 Å². The van der Waals surface area contributed by atoms with Gasteiger partial charge in [-0.2, -0.15) is 0 Å². The Morgan fingerprint density at radius 3 is 2.75 bits per heavy atom. The maximum Gasteiger partial charge on any atom is 0.247 e. The summed E-state index contributed by atoms with van der Waals surface area (Å²) in [6.07, 6.45) is 5.23. The van der Waals surface area contributed by atoms with E-state index in [4.69, 9.17) is 11.1 Å². The van der Waals surface area contributed by atoms with Gasteiger partial charge in [0.15, 0.2) is 11.0 Å². The number of thiazole rings is 1. The number of nitrogens with zero attached hydrogens (tertiary/aromatic N) is 4. The number of amides is 3. The highest BCUT2D eigenvalue weighted by Crippen LogP contribution is 2.23. The molecule has 1 aromatic carbocycles. The van der Waals surface area contributed by atoms with Crippen molar-refractivity contribution in [2.75, 3.05) is 39.3 Å². The van der Waals surface area contributed by atoms with E-state index in [-0.39, 0.29) is 49.1 Å². The highest BCUT2D eigenvalue weighted by atomic mass is 32.2. The second-order valence-corrected chi connectivity index (χ2v) is 12.9. The molecular weight excluding hydrogens is 601 g/mol. The molecule has 12 nitrogen and oxygen atoms in total. The van der Waals surface area contributed by atoms with Gasteiger partial charge in [-0.25, -0.2) is 4.98 Å². The standard InChI is InChI=1S/C30H42N8O4S2/c1-2-3-12-36-19-26(40)38(24(29(36)42)16-34-44-20-21-8-5-4-6-9-21)18-25(39)35-23(27(41)28-33-11-14-43-28)15-22-10-7-13-37(17-22)30(31)32/h4-6,8-9,11,14,22-24,34H,2-3,7,10,12-13,15-20H2,1H3,(H3,31,32)(H,35,39)/t22?,23?,24-/m0/s1. The number of carbonyl (C=O) groups excluding carboxylic acids is 4. The molecule has 238 valence electrons.